The van der Waals surface area contributed by atoms with E-state index in [9.17, 15) is 18.0 Å². The zero-order valence-corrected chi connectivity index (χ0v) is 8.70. The van der Waals surface area contributed by atoms with E-state index in [1.807, 2.05) is 0 Å². The number of aliphatic carboxylic acids is 1. The van der Waals surface area contributed by atoms with Crippen LogP contribution in [0.15, 0.2) is 0 Å². The minimum absolute atomic E-state index is 0.0770. The summed E-state index contributed by atoms with van der Waals surface area (Å²) >= 11 is -0.0902. The minimum Gasteiger partial charge on any atom is -0.481 e. The normalized spacial score (nSPS) is 26.1. The molecule has 88 valence electrons. The van der Waals surface area contributed by atoms with Crippen LogP contribution in [0.25, 0.3) is 0 Å². The molecule has 7 heteroatoms. The van der Waals surface area contributed by atoms with Gasteiger partial charge in [0.1, 0.15) is 0 Å². The Labute approximate surface area is 89.4 Å². The molecular formula is C8H12F3NO2S. The molecule has 1 aliphatic carbocycles. The first-order valence-corrected chi connectivity index (χ1v) is 5.55. The van der Waals surface area contributed by atoms with Crippen LogP contribution < -0.4 is 5.32 Å². The van der Waals surface area contributed by atoms with Crippen molar-refractivity contribution in [1.82, 2.24) is 5.32 Å². The van der Waals surface area contributed by atoms with E-state index in [1.165, 1.54) is 0 Å². The average Bonchev–Trinajstić information content (AvgIpc) is 1.98. The third kappa shape index (κ3) is 4.29. The standard InChI is InChI=1S/C8H12F3NO2S/c9-8(10,11)15-4-3-12-6-2-1-5(6)7(13)14/h5-6,12H,1-4H2,(H,13,14). The number of carbonyl (C=O) groups is 1. The number of alkyl halides is 3. The van der Waals surface area contributed by atoms with Crippen LogP contribution in [0.5, 0.6) is 0 Å². The molecule has 0 aliphatic heterocycles. The maximum absolute atomic E-state index is 11.7. The van der Waals surface area contributed by atoms with Crippen LogP contribution in [-0.4, -0.2) is 34.9 Å². The molecule has 1 rings (SSSR count). The summed E-state index contributed by atoms with van der Waals surface area (Å²) in [5, 5.41) is 11.5. The fourth-order valence-corrected chi connectivity index (χ4v) is 1.90. The molecule has 2 N–H and O–H groups in total. The summed E-state index contributed by atoms with van der Waals surface area (Å²) in [5.41, 5.74) is -4.20. The lowest BCUT2D eigenvalue weighted by atomic mass is 9.80. The Morgan fingerprint density at radius 1 is 1.47 bits per heavy atom. The quantitative estimate of drug-likeness (QED) is 0.721. The Bertz CT molecular complexity index is 234. The van der Waals surface area contributed by atoms with Crippen molar-refractivity contribution in [2.45, 2.75) is 24.4 Å². The van der Waals surface area contributed by atoms with Gasteiger partial charge in [0, 0.05) is 18.3 Å². The Kier molecular flexibility index (Phi) is 4.27. The van der Waals surface area contributed by atoms with Gasteiger partial charge in [-0.25, -0.2) is 0 Å². The van der Waals surface area contributed by atoms with Crippen molar-refractivity contribution < 1.29 is 23.1 Å². The molecule has 2 unspecified atom stereocenters. The topological polar surface area (TPSA) is 49.3 Å². The van der Waals surface area contributed by atoms with Crippen LogP contribution in [0.2, 0.25) is 0 Å². The molecule has 1 saturated carbocycles. The van der Waals surface area contributed by atoms with Crippen molar-refractivity contribution in [3.05, 3.63) is 0 Å². The molecule has 0 amide bonds. The van der Waals surface area contributed by atoms with Crippen molar-refractivity contribution in [3.63, 3.8) is 0 Å². The lowest BCUT2D eigenvalue weighted by Crippen LogP contribution is -2.48. The monoisotopic (exact) mass is 243 g/mol. The van der Waals surface area contributed by atoms with Gasteiger partial charge in [0.25, 0.3) is 0 Å². The van der Waals surface area contributed by atoms with Gasteiger partial charge in [-0.3, -0.25) is 4.79 Å². The molecule has 0 spiro atoms. The Balaban J connectivity index is 2.09. The van der Waals surface area contributed by atoms with Gasteiger partial charge in [0.15, 0.2) is 0 Å². The van der Waals surface area contributed by atoms with E-state index >= 15 is 0 Å². The van der Waals surface area contributed by atoms with E-state index in [0.717, 1.165) is 6.42 Å². The Morgan fingerprint density at radius 2 is 2.13 bits per heavy atom. The predicted octanol–water partition coefficient (Wildman–Crippen LogP) is 1.69. The summed E-state index contributed by atoms with van der Waals surface area (Å²) in [6, 6.07) is -0.156. The molecule has 2 atom stereocenters. The van der Waals surface area contributed by atoms with Gasteiger partial charge in [-0.15, -0.1) is 0 Å². The molecule has 3 nitrogen and oxygen atoms in total. The molecule has 0 aromatic heterocycles. The molecule has 0 radical (unpaired) electrons. The summed E-state index contributed by atoms with van der Waals surface area (Å²) in [4.78, 5) is 10.6. The minimum atomic E-state index is -4.20. The molecule has 0 aromatic rings. The number of carboxylic acid groups (broad SMARTS) is 1. The number of rotatable bonds is 5. The average molecular weight is 243 g/mol. The van der Waals surface area contributed by atoms with Crippen molar-refractivity contribution in [3.8, 4) is 0 Å². The lowest BCUT2D eigenvalue weighted by Gasteiger charge is -2.34. The van der Waals surface area contributed by atoms with Gasteiger partial charge < -0.3 is 10.4 Å². The Hall–Kier alpha value is -0.430. The SMILES string of the molecule is O=C(O)C1CCC1NCCSC(F)(F)F. The van der Waals surface area contributed by atoms with Crippen molar-refractivity contribution >= 4 is 17.7 Å². The number of hydrogen-bond donors (Lipinski definition) is 2. The molecule has 0 aromatic carbocycles. The maximum Gasteiger partial charge on any atom is 0.441 e. The van der Waals surface area contributed by atoms with Gasteiger partial charge in [-0.1, -0.05) is 0 Å². The van der Waals surface area contributed by atoms with E-state index in [2.05, 4.69) is 5.32 Å². The fraction of sp³-hybridized carbons (Fsp3) is 0.875. The van der Waals surface area contributed by atoms with Gasteiger partial charge in [0.2, 0.25) is 0 Å². The number of nitrogens with one attached hydrogen (secondary N) is 1. The van der Waals surface area contributed by atoms with Crippen molar-refractivity contribution in [1.29, 1.82) is 0 Å². The summed E-state index contributed by atoms with van der Waals surface area (Å²) in [6.07, 6.45) is 1.34. The van der Waals surface area contributed by atoms with Crippen LogP contribution in [0.1, 0.15) is 12.8 Å². The van der Waals surface area contributed by atoms with Crippen LogP contribution in [0.3, 0.4) is 0 Å². The number of hydrogen-bond acceptors (Lipinski definition) is 3. The van der Waals surface area contributed by atoms with E-state index in [-0.39, 0.29) is 30.1 Å². The molecule has 1 fully saturated rings. The third-order valence-corrected chi connectivity index (χ3v) is 3.10. The summed E-state index contributed by atoms with van der Waals surface area (Å²) in [6.45, 7) is 0.193. The molecular weight excluding hydrogens is 231 g/mol. The molecule has 0 saturated heterocycles. The second-order valence-electron chi connectivity index (χ2n) is 3.38. The molecule has 0 heterocycles. The highest BCUT2D eigenvalue weighted by atomic mass is 32.2. The zero-order valence-electron chi connectivity index (χ0n) is 7.88. The van der Waals surface area contributed by atoms with Crippen LogP contribution in [0.4, 0.5) is 13.2 Å². The van der Waals surface area contributed by atoms with Crippen molar-refractivity contribution in [2.75, 3.05) is 12.3 Å². The Morgan fingerprint density at radius 3 is 2.53 bits per heavy atom. The van der Waals surface area contributed by atoms with Crippen LogP contribution in [0, 0.1) is 5.92 Å². The van der Waals surface area contributed by atoms with E-state index in [4.69, 9.17) is 5.11 Å². The van der Waals surface area contributed by atoms with E-state index in [1.54, 1.807) is 0 Å². The van der Waals surface area contributed by atoms with Gasteiger partial charge in [-0.2, -0.15) is 13.2 Å². The first-order chi connectivity index (χ1) is 6.90. The van der Waals surface area contributed by atoms with Crippen LogP contribution in [-0.2, 0) is 4.79 Å². The van der Waals surface area contributed by atoms with Gasteiger partial charge in [-0.05, 0) is 24.6 Å². The highest BCUT2D eigenvalue weighted by molar-refractivity contribution is 8.00. The number of carboxylic acids is 1. The maximum atomic E-state index is 11.7. The van der Waals surface area contributed by atoms with E-state index in [0.29, 0.717) is 6.42 Å². The predicted molar refractivity (Wildman–Crippen MR) is 50.7 cm³/mol. The zero-order chi connectivity index (χ0) is 11.5. The largest absolute Gasteiger partial charge is 0.481 e. The molecule has 15 heavy (non-hydrogen) atoms. The molecule has 1 aliphatic rings. The number of thioether (sulfide) groups is 1. The first-order valence-electron chi connectivity index (χ1n) is 4.57. The second-order valence-corrected chi connectivity index (χ2v) is 4.54. The number of halogens is 3. The third-order valence-electron chi connectivity index (χ3n) is 2.37. The summed E-state index contributed by atoms with van der Waals surface area (Å²) < 4.78 is 35.2. The molecule has 0 bridgehead atoms. The smallest absolute Gasteiger partial charge is 0.441 e. The summed E-state index contributed by atoms with van der Waals surface area (Å²) in [7, 11) is 0. The van der Waals surface area contributed by atoms with Gasteiger partial charge in [0.05, 0.1) is 5.92 Å². The van der Waals surface area contributed by atoms with Crippen molar-refractivity contribution in [2.24, 2.45) is 5.92 Å². The van der Waals surface area contributed by atoms with Crippen LogP contribution >= 0.6 is 11.8 Å². The lowest BCUT2D eigenvalue weighted by molar-refractivity contribution is -0.146. The summed E-state index contributed by atoms with van der Waals surface area (Å²) in [5.74, 6) is -1.38. The fourth-order valence-electron chi connectivity index (χ4n) is 1.45. The highest BCUT2D eigenvalue weighted by Gasteiger charge is 2.36. The van der Waals surface area contributed by atoms with E-state index < -0.39 is 17.4 Å². The second kappa shape index (κ2) is 5.07. The first kappa shape index (κ1) is 12.6. The highest BCUT2D eigenvalue weighted by Crippen LogP contribution is 2.30. The van der Waals surface area contributed by atoms with Gasteiger partial charge >= 0.3 is 11.5 Å².